The fourth-order valence-electron chi connectivity index (χ4n) is 2.57. The Morgan fingerprint density at radius 2 is 1.63 bits per heavy atom. The predicted octanol–water partition coefficient (Wildman–Crippen LogP) is 3.25. The summed E-state index contributed by atoms with van der Waals surface area (Å²) in [5.41, 5.74) is 0.638. The van der Waals surface area contributed by atoms with Crippen molar-refractivity contribution in [1.82, 2.24) is 14.8 Å². The Labute approximate surface area is 162 Å². The Balaban J connectivity index is 1.74. The Bertz CT molecular complexity index is 1020. The van der Waals surface area contributed by atoms with Crippen molar-refractivity contribution in [2.45, 2.75) is 29.3 Å². The van der Waals surface area contributed by atoms with Crippen LogP contribution in [0.2, 0.25) is 0 Å². The van der Waals surface area contributed by atoms with Crippen LogP contribution in [-0.2, 0) is 22.1 Å². The van der Waals surface area contributed by atoms with Gasteiger partial charge in [0.25, 0.3) is 0 Å². The average Bonchev–Trinajstić information content (AvgIpc) is 3.08. The molecule has 140 valence electrons. The van der Waals surface area contributed by atoms with Gasteiger partial charge >= 0.3 is 0 Å². The van der Waals surface area contributed by atoms with Gasteiger partial charge in [0.1, 0.15) is 11.6 Å². The number of hydrogen-bond donors (Lipinski definition) is 0. The minimum atomic E-state index is -3.51. The van der Waals surface area contributed by atoms with E-state index < -0.39 is 9.84 Å². The maximum Gasteiger partial charge on any atom is 0.191 e. The van der Waals surface area contributed by atoms with Crippen LogP contribution in [-0.4, -0.2) is 34.7 Å². The highest BCUT2D eigenvalue weighted by Gasteiger charge is 2.21. The molecule has 0 saturated heterocycles. The lowest BCUT2D eigenvalue weighted by atomic mass is 10.2. The van der Waals surface area contributed by atoms with Crippen molar-refractivity contribution < 1.29 is 13.2 Å². The SMILES string of the molecule is CCn1c(CS(=O)(=O)c2ccccc2)nnc1SCC(=O)c1ccccc1. The fourth-order valence-corrected chi connectivity index (χ4v) is 4.78. The first-order chi connectivity index (χ1) is 13.0. The van der Waals surface area contributed by atoms with Gasteiger partial charge in [-0.05, 0) is 19.1 Å². The van der Waals surface area contributed by atoms with E-state index in [9.17, 15) is 13.2 Å². The van der Waals surface area contributed by atoms with Crippen LogP contribution in [0.25, 0.3) is 0 Å². The van der Waals surface area contributed by atoms with E-state index in [2.05, 4.69) is 10.2 Å². The minimum Gasteiger partial charge on any atom is -0.305 e. The lowest BCUT2D eigenvalue weighted by molar-refractivity contribution is 0.102. The summed E-state index contributed by atoms with van der Waals surface area (Å²) in [7, 11) is -3.51. The Morgan fingerprint density at radius 3 is 2.26 bits per heavy atom. The summed E-state index contributed by atoms with van der Waals surface area (Å²) < 4.78 is 26.9. The van der Waals surface area contributed by atoms with Crippen LogP contribution in [0.4, 0.5) is 0 Å². The molecule has 0 radical (unpaired) electrons. The van der Waals surface area contributed by atoms with E-state index in [1.54, 1.807) is 47.0 Å². The first-order valence-corrected chi connectivity index (χ1v) is 11.1. The number of benzene rings is 2. The van der Waals surface area contributed by atoms with Crippen molar-refractivity contribution >= 4 is 27.4 Å². The molecule has 2 aromatic carbocycles. The van der Waals surface area contributed by atoms with Crippen LogP contribution < -0.4 is 0 Å². The molecule has 0 atom stereocenters. The van der Waals surface area contributed by atoms with Gasteiger partial charge in [-0.15, -0.1) is 10.2 Å². The van der Waals surface area contributed by atoms with E-state index in [1.165, 1.54) is 11.8 Å². The molecule has 0 amide bonds. The third-order valence-electron chi connectivity index (χ3n) is 3.96. The van der Waals surface area contributed by atoms with Gasteiger partial charge in [0.15, 0.2) is 20.8 Å². The Hall–Kier alpha value is -2.45. The highest BCUT2D eigenvalue weighted by Crippen LogP contribution is 2.21. The number of aromatic nitrogens is 3. The molecule has 0 unspecified atom stereocenters. The van der Waals surface area contributed by atoms with Crippen molar-refractivity contribution in [2.75, 3.05) is 5.75 Å². The summed E-state index contributed by atoms with van der Waals surface area (Å²) in [6.45, 7) is 2.42. The van der Waals surface area contributed by atoms with Crippen molar-refractivity contribution in [3.8, 4) is 0 Å². The third-order valence-corrected chi connectivity index (χ3v) is 6.55. The van der Waals surface area contributed by atoms with E-state index in [0.29, 0.717) is 23.1 Å². The summed E-state index contributed by atoms with van der Waals surface area (Å²) in [6, 6.07) is 17.3. The molecule has 0 aliphatic rings. The third kappa shape index (κ3) is 4.64. The smallest absolute Gasteiger partial charge is 0.191 e. The normalized spacial score (nSPS) is 11.4. The number of carbonyl (C=O) groups excluding carboxylic acids is 1. The molecule has 0 aliphatic carbocycles. The van der Waals surface area contributed by atoms with E-state index in [0.717, 1.165) is 0 Å². The molecule has 3 rings (SSSR count). The van der Waals surface area contributed by atoms with Crippen molar-refractivity contribution in [3.05, 3.63) is 72.1 Å². The molecule has 6 nitrogen and oxygen atoms in total. The van der Waals surface area contributed by atoms with Crippen LogP contribution in [0, 0.1) is 0 Å². The molecule has 0 saturated carbocycles. The maximum atomic E-state index is 12.6. The molecule has 1 aromatic heterocycles. The van der Waals surface area contributed by atoms with Gasteiger partial charge in [-0.2, -0.15) is 0 Å². The number of ketones is 1. The van der Waals surface area contributed by atoms with Gasteiger partial charge in [0.05, 0.1) is 10.6 Å². The molecule has 0 fully saturated rings. The van der Waals surface area contributed by atoms with Crippen molar-refractivity contribution in [2.24, 2.45) is 0 Å². The number of sulfone groups is 1. The highest BCUT2D eigenvalue weighted by molar-refractivity contribution is 7.99. The minimum absolute atomic E-state index is 0.00953. The largest absolute Gasteiger partial charge is 0.305 e. The van der Waals surface area contributed by atoms with Gasteiger partial charge in [-0.1, -0.05) is 60.3 Å². The number of thioether (sulfide) groups is 1. The quantitative estimate of drug-likeness (QED) is 0.426. The topological polar surface area (TPSA) is 81.9 Å². The molecule has 1 heterocycles. The zero-order valence-electron chi connectivity index (χ0n) is 14.8. The lowest BCUT2D eigenvalue weighted by Gasteiger charge is -2.08. The molecule has 0 spiro atoms. The zero-order chi connectivity index (χ0) is 19.3. The van der Waals surface area contributed by atoms with Gasteiger partial charge < -0.3 is 4.57 Å². The van der Waals surface area contributed by atoms with Gasteiger partial charge in [0.2, 0.25) is 0 Å². The molecule has 8 heteroatoms. The lowest BCUT2D eigenvalue weighted by Crippen LogP contribution is -2.11. The summed E-state index contributed by atoms with van der Waals surface area (Å²) >= 11 is 1.26. The second kappa shape index (κ2) is 8.49. The number of Topliss-reactive ketones (excluding diaryl/α,β-unsaturated/α-hetero) is 1. The van der Waals surface area contributed by atoms with Gasteiger partial charge in [-0.3, -0.25) is 4.79 Å². The van der Waals surface area contributed by atoms with E-state index in [1.807, 2.05) is 25.1 Å². The molecular formula is C19H19N3O3S2. The van der Waals surface area contributed by atoms with Crippen LogP contribution in [0.1, 0.15) is 23.1 Å². The molecule has 0 bridgehead atoms. The number of hydrogen-bond acceptors (Lipinski definition) is 6. The summed E-state index contributed by atoms with van der Waals surface area (Å²) in [6.07, 6.45) is 0. The van der Waals surface area contributed by atoms with Gasteiger partial charge in [-0.25, -0.2) is 8.42 Å². The molecule has 0 N–H and O–H groups in total. The van der Waals surface area contributed by atoms with Crippen LogP contribution >= 0.6 is 11.8 Å². The van der Waals surface area contributed by atoms with Crippen LogP contribution in [0.3, 0.4) is 0 Å². The first-order valence-electron chi connectivity index (χ1n) is 8.42. The Kier molecular flexibility index (Phi) is 6.08. The van der Waals surface area contributed by atoms with Gasteiger partial charge in [0, 0.05) is 12.1 Å². The zero-order valence-corrected chi connectivity index (χ0v) is 16.4. The molecular weight excluding hydrogens is 382 g/mol. The first kappa shape index (κ1) is 19.3. The van der Waals surface area contributed by atoms with E-state index in [4.69, 9.17) is 0 Å². The number of rotatable bonds is 8. The summed E-state index contributed by atoms with van der Waals surface area (Å²) in [5.74, 6) is 0.347. The molecule has 3 aromatic rings. The Morgan fingerprint density at radius 1 is 1.00 bits per heavy atom. The fraction of sp³-hybridized carbons (Fsp3) is 0.211. The second-order valence-electron chi connectivity index (χ2n) is 5.79. The van der Waals surface area contributed by atoms with Crippen molar-refractivity contribution in [1.29, 1.82) is 0 Å². The van der Waals surface area contributed by atoms with Crippen LogP contribution in [0.15, 0.2) is 70.7 Å². The summed E-state index contributed by atoms with van der Waals surface area (Å²) in [4.78, 5) is 12.5. The van der Waals surface area contributed by atoms with E-state index >= 15 is 0 Å². The molecule has 27 heavy (non-hydrogen) atoms. The predicted molar refractivity (Wildman–Crippen MR) is 105 cm³/mol. The molecule has 0 aliphatic heterocycles. The highest BCUT2D eigenvalue weighted by atomic mass is 32.2. The number of carbonyl (C=O) groups is 1. The summed E-state index contributed by atoms with van der Waals surface area (Å²) in [5, 5.41) is 8.68. The average molecular weight is 402 g/mol. The maximum absolute atomic E-state index is 12.6. The van der Waals surface area contributed by atoms with Crippen molar-refractivity contribution in [3.63, 3.8) is 0 Å². The monoisotopic (exact) mass is 401 g/mol. The van der Waals surface area contributed by atoms with Crippen LogP contribution in [0.5, 0.6) is 0 Å². The second-order valence-corrected chi connectivity index (χ2v) is 8.73. The number of nitrogens with zero attached hydrogens (tertiary/aromatic N) is 3. The van der Waals surface area contributed by atoms with E-state index in [-0.39, 0.29) is 22.2 Å². The standard InChI is InChI=1S/C19H19N3O3S2/c1-2-22-18(14-27(24,25)16-11-7-4-8-12-16)20-21-19(22)26-13-17(23)15-9-5-3-6-10-15/h3-12H,2,13-14H2,1H3.